The van der Waals surface area contributed by atoms with E-state index in [9.17, 15) is 0 Å². The fraction of sp³-hybridized carbons (Fsp3) is 0.667. The predicted octanol–water partition coefficient (Wildman–Crippen LogP) is 3.71. The predicted molar refractivity (Wildman–Crippen MR) is 68.8 cm³/mol. The molecule has 0 saturated carbocycles. The molecule has 0 amide bonds. The average molecular weight is 287 g/mol. The van der Waals surface area contributed by atoms with Gasteiger partial charge in [0.2, 0.25) is 5.88 Å². The van der Waals surface area contributed by atoms with E-state index in [1.54, 1.807) is 6.07 Å². The first-order valence-electron chi connectivity index (χ1n) is 5.54. The van der Waals surface area contributed by atoms with Crippen molar-refractivity contribution < 1.29 is 4.74 Å². The molecule has 0 radical (unpaired) electrons. The summed E-state index contributed by atoms with van der Waals surface area (Å²) in [4.78, 5) is 8.79. The minimum Gasteiger partial charge on any atom is -0.475 e. The van der Waals surface area contributed by atoms with Gasteiger partial charge in [0.25, 0.3) is 0 Å². The first kappa shape index (κ1) is 13.4. The normalized spacial score (nSPS) is 13.6. The molecule has 90 valence electrons. The lowest BCUT2D eigenvalue weighted by Crippen LogP contribution is -2.18. The highest BCUT2D eigenvalue weighted by molar-refractivity contribution is 9.10. The quantitative estimate of drug-likeness (QED) is 0.795. The van der Waals surface area contributed by atoms with Crippen LogP contribution in [0.25, 0.3) is 0 Å². The third-order valence-electron chi connectivity index (χ3n) is 2.24. The first-order chi connectivity index (χ1) is 7.32. The lowest BCUT2D eigenvalue weighted by atomic mass is 9.96. The summed E-state index contributed by atoms with van der Waals surface area (Å²) in [6.45, 7) is 10.4. The summed E-state index contributed by atoms with van der Waals surface area (Å²) < 4.78 is 6.47. The molecule has 0 fully saturated rings. The summed E-state index contributed by atoms with van der Waals surface area (Å²) in [5, 5.41) is 0. The number of hydrogen-bond donors (Lipinski definition) is 0. The average Bonchev–Trinajstić information content (AvgIpc) is 2.15. The van der Waals surface area contributed by atoms with Crippen LogP contribution in [0.3, 0.4) is 0 Å². The van der Waals surface area contributed by atoms with E-state index in [-0.39, 0.29) is 11.5 Å². The summed E-state index contributed by atoms with van der Waals surface area (Å²) in [5.41, 5.74) is -0.0721. The van der Waals surface area contributed by atoms with E-state index in [0.29, 0.717) is 5.88 Å². The number of ether oxygens (including phenoxy) is 1. The molecule has 1 aromatic heterocycles. The topological polar surface area (TPSA) is 35.0 Å². The van der Waals surface area contributed by atoms with Gasteiger partial charge in [-0.15, -0.1) is 0 Å². The van der Waals surface area contributed by atoms with E-state index in [1.807, 2.05) is 6.92 Å². The highest BCUT2D eigenvalue weighted by atomic mass is 79.9. The van der Waals surface area contributed by atoms with Crippen LogP contribution < -0.4 is 4.74 Å². The van der Waals surface area contributed by atoms with Crippen LogP contribution in [0.5, 0.6) is 5.88 Å². The van der Waals surface area contributed by atoms with Gasteiger partial charge in [0.05, 0.1) is 6.10 Å². The van der Waals surface area contributed by atoms with E-state index in [2.05, 4.69) is 53.6 Å². The fourth-order valence-corrected chi connectivity index (χ4v) is 1.45. The number of aromatic nitrogens is 2. The summed E-state index contributed by atoms with van der Waals surface area (Å²) in [7, 11) is 0. The molecular formula is C12H19BrN2O. The van der Waals surface area contributed by atoms with E-state index in [4.69, 9.17) is 4.74 Å². The van der Waals surface area contributed by atoms with Crippen LogP contribution >= 0.6 is 15.9 Å². The zero-order chi connectivity index (χ0) is 12.3. The zero-order valence-electron chi connectivity index (χ0n) is 10.5. The van der Waals surface area contributed by atoms with Gasteiger partial charge in [-0.3, -0.25) is 0 Å². The van der Waals surface area contributed by atoms with Crippen molar-refractivity contribution in [3.05, 3.63) is 16.5 Å². The molecule has 1 unspecified atom stereocenters. The molecule has 0 aliphatic rings. The summed E-state index contributed by atoms with van der Waals surface area (Å²) in [5.74, 6) is 1.43. The molecule has 1 aromatic rings. The van der Waals surface area contributed by atoms with Crippen molar-refractivity contribution in [3.8, 4) is 5.88 Å². The van der Waals surface area contributed by atoms with Crippen molar-refractivity contribution >= 4 is 15.9 Å². The number of nitrogens with zero attached hydrogens (tertiary/aromatic N) is 2. The minimum atomic E-state index is -0.0721. The summed E-state index contributed by atoms with van der Waals surface area (Å²) >= 11 is 3.39. The van der Waals surface area contributed by atoms with E-state index in [0.717, 1.165) is 16.8 Å². The van der Waals surface area contributed by atoms with Gasteiger partial charge in [0, 0.05) is 11.5 Å². The second-order valence-electron chi connectivity index (χ2n) is 4.94. The Balaban J connectivity index is 2.99. The van der Waals surface area contributed by atoms with Crippen molar-refractivity contribution in [1.29, 1.82) is 0 Å². The van der Waals surface area contributed by atoms with Gasteiger partial charge in [-0.25, -0.2) is 4.98 Å². The van der Waals surface area contributed by atoms with Crippen LogP contribution in [0.2, 0.25) is 0 Å². The SMILES string of the molecule is CCC(C)Oc1cc(Br)nc(C(C)(C)C)n1. The van der Waals surface area contributed by atoms with Gasteiger partial charge in [-0.05, 0) is 29.3 Å². The summed E-state index contributed by atoms with van der Waals surface area (Å²) in [6.07, 6.45) is 1.14. The Labute approximate surface area is 106 Å². The second kappa shape index (κ2) is 5.13. The molecule has 0 spiro atoms. The Morgan fingerprint density at radius 1 is 1.38 bits per heavy atom. The van der Waals surface area contributed by atoms with Crippen LogP contribution in [0.4, 0.5) is 0 Å². The van der Waals surface area contributed by atoms with Gasteiger partial charge in [-0.2, -0.15) is 4.98 Å². The van der Waals surface area contributed by atoms with E-state index in [1.165, 1.54) is 0 Å². The van der Waals surface area contributed by atoms with Gasteiger partial charge < -0.3 is 4.74 Å². The molecule has 0 bridgehead atoms. The lowest BCUT2D eigenvalue weighted by molar-refractivity contribution is 0.206. The van der Waals surface area contributed by atoms with Crippen LogP contribution in [0.1, 0.15) is 46.9 Å². The van der Waals surface area contributed by atoms with Gasteiger partial charge in [-0.1, -0.05) is 27.7 Å². The Morgan fingerprint density at radius 2 is 2.00 bits per heavy atom. The molecule has 1 heterocycles. The minimum absolute atomic E-state index is 0.0721. The maximum atomic E-state index is 5.70. The smallest absolute Gasteiger partial charge is 0.218 e. The zero-order valence-corrected chi connectivity index (χ0v) is 12.1. The third-order valence-corrected chi connectivity index (χ3v) is 2.65. The van der Waals surface area contributed by atoms with Gasteiger partial charge >= 0.3 is 0 Å². The Bertz CT molecular complexity index is 361. The molecule has 0 aliphatic carbocycles. The van der Waals surface area contributed by atoms with E-state index >= 15 is 0 Å². The Kier molecular flexibility index (Phi) is 4.30. The van der Waals surface area contributed by atoms with Crippen LogP contribution in [0, 0.1) is 0 Å². The monoisotopic (exact) mass is 286 g/mol. The molecule has 0 saturated heterocycles. The third kappa shape index (κ3) is 3.74. The molecule has 0 aliphatic heterocycles. The lowest BCUT2D eigenvalue weighted by Gasteiger charge is -2.18. The maximum absolute atomic E-state index is 5.70. The van der Waals surface area contributed by atoms with Crippen molar-refractivity contribution in [2.75, 3.05) is 0 Å². The standard InChI is InChI=1S/C12H19BrN2O/c1-6-8(2)16-10-7-9(13)14-11(15-10)12(3,4)5/h7-8H,6H2,1-5H3. The van der Waals surface area contributed by atoms with Crippen molar-refractivity contribution in [2.45, 2.75) is 52.6 Å². The van der Waals surface area contributed by atoms with Gasteiger partial charge in [0.15, 0.2) is 0 Å². The molecular weight excluding hydrogens is 268 g/mol. The maximum Gasteiger partial charge on any atom is 0.218 e. The highest BCUT2D eigenvalue weighted by Gasteiger charge is 2.19. The largest absolute Gasteiger partial charge is 0.475 e. The molecule has 16 heavy (non-hydrogen) atoms. The van der Waals surface area contributed by atoms with Gasteiger partial charge in [0.1, 0.15) is 10.4 Å². The van der Waals surface area contributed by atoms with Crippen molar-refractivity contribution in [1.82, 2.24) is 9.97 Å². The van der Waals surface area contributed by atoms with Crippen molar-refractivity contribution in [2.24, 2.45) is 0 Å². The molecule has 0 N–H and O–H groups in total. The summed E-state index contributed by atoms with van der Waals surface area (Å²) in [6, 6.07) is 1.81. The Hall–Kier alpha value is -0.640. The molecule has 3 nitrogen and oxygen atoms in total. The second-order valence-corrected chi connectivity index (χ2v) is 5.75. The van der Waals surface area contributed by atoms with Crippen LogP contribution in [-0.2, 0) is 5.41 Å². The molecule has 1 rings (SSSR count). The first-order valence-corrected chi connectivity index (χ1v) is 6.34. The molecule has 1 atom stereocenters. The number of halogens is 1. The Morgan fingerprint density at radius 3 is 2.50 bits per heavy atom. The fourth-order valence-electron chi connectivity index (χ4n) is 1.08. The van der Waals surface area contributed by atoms with Crippen LogP contribution in [0.15, 0.2) is 10.7 Å². The van der Waals surface area contributed by atoms with E-state index < -0.39 is 0 Å². The highest BCUT2D eigenvalue weighted by Crippen LogP contribution is 2.24. The number of hydrogen-bond acceptors (Lipinski definition) is 3. The molecule has 0 aromatic carbocycles. The molecule has 4 heteroatoms. The van der Waals surface area contributed by atoms with Crippen molar-refractivity contribution in [3.63, 3.8) is 0 Å². The van der Waals surface area contributed by atoms with Crippen LogP contribution in [-0.4, -0.2) is 16.1 Å². The number of rotatable bonds is 3.